The maximum atomic E-state index is 12.8. The van der Waals surface area contributed by atoms with E-state index in [9.17, 15) is 4.79 Å². The van der Waals surface area contributed by atoms with E-state index in [1.807, 2.05) is 55.5 Å². The minimum Gasteiger partial charge on any atom is -0.497 e. The number of anilines is 2. The van der Waals surface area contributed by atoms with Crippen molar-refractivity contribution < 1.29 is 18.9 Å². The van der Waals surface area contributed by atoms with Crippen LogP contribution in [0.25, 0.3) is 5.69 Å². The fraction of sp³-hybridized carbons (Fsp3) is 0.389. The number of piperazine rings is 1. The molecule has 0 amide bonds. The van der Waals surface area contributed by atoms with E-state index in [0.717, 1.165) is 66.7 Å². The number of nitrogens with zero attached hydrogens (tertiary/aromatic N) is 8. The van der Waals surface area contributed by atoms with E-state index in [-0.39, 0.29) is 17.8 Å². The smallest absolute Gasteiger partial charge is 0.350 e. The summed E-state index contributed by atoms with van der Waals surface area (Å²) in [6.45, 7) is 8.67. The third-order valence-corrected chi connectivity index (χ3v) is 9.32. The molecule has 5 aromatic rings. The predicted molar refractivity (Wildman–Crippen MR) is 185 cm³/mol. The first-order valence-electron chi connectivity index (χ1n) is 16.7. The number of methoxy groups -OCH3 is 1. The van der Waals surface area contributed by atoms with Gasteiger partial charge in [-0.3, -0.25) is 0 Å². The van der Waals surface area contributed by atoms with Crippen LogP contribution in [0.1, 0.15) is 31.9 Å². The van der Waals surface area contributed by atoms with Crippen LogP contribution in [-0.2, 0) is 21.8 Å². The molecule has 2 saturated heterocycles. The minimum atomic E-state index is -1.04. The van der Waals surface area contributed by atoms with Crippen molar-refractivity contribution in [1.29, 1.82) is 0 Å². The molecule has 4 heterocycles. The van der Waals surface area contributed by atoms with Crippen LogP contribution in [0, 0.1) is 0 Å². The largest absolute Gasteiger partial charge is 0.497 e. The summed E-state index contributed by atoms with van der Waals surface area (Å²) in [7, 11) is 1.64. The number of benzene rings is 3. The van der Waals surface area contributed by atoms with Crippen molar-refractivity contribution in [2.75, 3.05) is 56.3 Å². The van der Waals surface area contributed by atoms with Gasteiger partial charge in [-0.25, -0.2) is 14.0 Å². The predicted octanol–water partition coefficient (Wildman–Crippen LogP) is 4.28. The van der Waals surface area contributed by atoms with Crippen molar-refractivity contribution in [2.45, 2.75) is 44.7 Å². The second kappa shape index (κ2) is 14.1. The van der Waals surface area contributed by atoms with Crippen LogP contribution in [0.5, 0.6) is 11.5 Å². The highest BCUT2D eigenvalue weighted by Gasteiger charge is 2.44. The average Bonchev–Trinajstić information content (AvgIpc) is 3.92. The van der Waals surface area contributed by atoms with Gasteiger partial charge in [0, 0.05) is 43.1 Å². The average molecular weight is 667 g/mol. The Balaban J connectivity index is 0.918. The van der Waals surface area contributed by atoms with Crippen LogP contribution in [0.15, 0.2) is 96.3 Å². The van der Waals surface area contributed by atoms with E-state index < -0.39 is 5.79 Å². The van der Waals surface area contributed by atoms with Gasteiger partial charge in [0.25, 0.3) is 0 Å². The summed E-state index contributed by atoms with van der Waals surface area (Å²) in [6.07, 6.45) is 5.45. The van der Waals surface area contributed by atoms with E-state index in [4.69, 9.17) is 18.9 Å². The van der Waals surface area contributed by atoms with Gasteiger partial charge < -0.3 is 28.7 Å². The summed E-state index contributed by atoms with van der Waals surface area (Å²) in [4.78, 5) is 19.1. The van der Waals surface area contributed by atoms with Gasteiger partial charge in [-0.15, -0.1) is 0 Å². The Kier molecular flexibility index (Phi) is 9.36. The number of hydrogen-bond acceptors (Lipinski definition) is 10. The van der Waals surface area contributed by atoms with Gasteiger partial charge in [0.15, 0.2) is 0 Å². The molecule has 0 aliphatic carbocycles. The molecule has 2 aromatic heterocycles. The molecule has 1 unspecified atom stereocenters. The first-order chi connectivity index (χ1) is 23.9. The van der Waals surface area contributed by atoms with E-state index in [1.54, 1.807) is 39.9 Å². The highest BCUT2D eigenvalue weighted by Crippen LogP contribution is 2.37. The van der Waals surface area contributed by atoms with Crippen LogP contribution < -0.4 is 25.0 Å². The number of hydrogen-bond donors (Lipinski definition) is 0. The lowest BCUT2D eigenvalue weighted by atomic mass is 10.1. The molecule has 0 bridgehead atoms. The Hall–Kier alpha value is -5.14. The lowest BCUT2D eigenvalue weighted by Crippen LogP contribution is -2.46. The quantitative estimate of drug-likeness (QED) is 0.191. The molecule has 0 N–H and O–H groups in total. The number of ether oxygens (including phenoxy) is 4. The lowest BCUT2D eigenvalue weighted by molar-refractivity contribution is -0.192. The maximum Gasteiger partial charge on any atom is 0.350 e. The van der Waals surface area contributed by atoms with Gasteiger partial charge in [0.1, 0.15) is 37.1 Å². The van der Waals surface area contributed by atoms with Gasteiger partial charge in [-0.1, -0.05) is 6.92 Å². The van der Waals surface area contributed by atoms with Crippen molar-refractivity contribution in [2.24, 2.45) is 0 Å². The minimum absolute atomic E-state index is 0.0685. The molecular weight excluding hydrogens is 624 g/mol. The van der Waals surface area contributed by atoms with Gasteiger partial charge in [0.05, 0.1) is 37.8 Å². The van der Waals surface area contributed by atoms with Crippen molar-refractivity contribution in [3.63, 3.8) is 0 Å². The van der Waals surface area contributed by atoms with Crippen molar-refractivity contribution >= 4 is 11.4 Å². The van der Waals surface area contributed by atoms with Gasteiger partial charge >= 0.3 is 5.69 Å². The monoisotopic (exact) mass is 666 g/mol. The zero-order valence-electron chi connectivity index (χ0n) is 28.1. The summed E-state index contributed by atoms with van der Waals surface area (Å²) < 4.78 is 27.4. The van der Waals surface area contributed by atoms with Gasteiger partial charge in [-0.2, -0.15) is 20.1 Å². The van der Waals surface area contributed by atoms with E-state index in [2.05, 4.69) is 56.3 Å². The fourth-order valence-corrected chi connectivity index (χ4v) is 6.29. The molecule has 13 nitrogen and oxygen atoms in total. The van der Waals surface area contributed by atoms with Crippen LogP contribution in [0.2, 0.25) is 0 Å². The van der Waals surface area contributed by atoms with E-state index in [0.29, 0.717) is 19.8 Å². The second-order valence-corrected chi connectivity index (χ2v) is 12.4. The summed E-state index contributed by atoms with van der Waals surface area (Å²) in [6, 6.07) is 24.1. The normalized spacial score (nSPS) is 20.0. The molecule has 0 saturated carbocycles. The van der Waals surface area contributed by atoms with Crippen molar-refractivity contribution in [3.8, 4) is 17.2 Å². The Morgan fingerprint density at radius 1 is 0.837 bits per heavy atom. The molecule has 2 aliphatic rings. The van der Waals surface area contributed by atoms with Crippen LogP contribution >= 0.6 is 0 Å². The van der Waals surface area contributed by atoms with E-state index >= 15 is 0 Å². The zero-order valence-corrected chi connectivity index (χ0v) is 28.1. The molecular formula is C36H42N8O5. The van der Waals surface area contributed by atoms with Crippen LogP contribution in [-0.4, -0.2) is 81.9 Å². The lowest BCUT2D eigenvalue weighted by Gasteiger charge is -2.37. The third-order valence-electron chi connectivity index (χ3n) is 9.32. The molecule has 2 aliphatic heterocycles. The molecule has 49 heavy (non-hydrogen) atoms. The summed E-state index contributed by atoms with van der Waals surface area (Å²) in [5, 5.41) is 12.8. The highest BCUT2D eigenvalue weighted by atomic mass is 16.8. The molecule has 3 aromatic carbocycles. The second-order valence-electron chi connectivity index (χ2n) is 12.4. The van der Waals surface area contributed by atoms with Crippen molar-refractivity contribution in [3.05, 3.63) is 108 Å². The molecule has 3 atom stereocenters. The van der Waals surface area contributed by atoms with Gasteiger partial charge in [0.2, 0.25) is 5.79 Å². The van der Waals surface area contributed by atoms with Gasteiger partial charge in [-0.05, 0) is 86.1 Å². The Morgan fingerprint density at radius 2 is 1.43 bits per heavy atom. The third kappa shape index (κ3) is 6.90. The molecule has 7 rings (SSSR count). The van der Waals surface area contributed by atoms with Crippen molar-refractivity contribution in [1.82, 2.24) is 29.3 Å². The summed E-state index contributed by atoms with van der Waals surface area (Å²) in [5.41, 5.74) is 3.87. The molecule has 0 radical (unpaired) electrons. The first kappa shape index (κ1) is 32.4. The standard InChI is InChI=1S/C36H42N8O5/c1-4-27(2)44-35(45)42(26-39-44)31-9-7-29(8-10-31)40-19-21-41(22-20-40)30-11-15-33(16-12-30)47-23-34-24-48-36(49-34,25-43-37-17-18-38-43)28-5-13-32(46-3)14-6-28/h5-18,26-27,34H,4,19-25H2,1-3H3/t27?,34-,36-/m1/s1. The fourth-order valence-electron chi connectivity index (χ4n) is 6.29. The number of rotatable bonds is 12. The number of aromatic nitrogens is 6. The first-order valence-corrected chi connectivity index (χ1v) is 16.7. The summed E-state index contributed by atoms with van der Waals surface area (Å²) >= 11 is 0. The summed E-state index contributed by atoms with van der Waals surface area (Å²) in [5.74, 6) is 0.492. The Bertz CT molecular complexity index is 1850. The Labute approximate surface area is 285 Å². The SMILES string of the molecule is CCC(C)n1ncn(-c2ccc(N3CCN(c4ccc(OC[C@@H]5CO[C@@](Cn6nccn6)(c6ccc(OC)cc6)O5)cc4)CC3)cc2)c1=O. The Morgan fingerprint density at radius 3 is 2.04 bits per heavy atom. The van der Waals surface area contributed by atoms with Crippen LogP contribution in [0.3, 0.4) is 0 Å². The molecule has 256 valence electrons. The zero-order chi connectivity index (χ0) is 33.8. The molecule has 13 heteroatoms. The molecule has 0 spiro atoms. The molecule has 2 fully saturated rings. The topological polar surface area (TPSA) is 114 Å². The highest BCUT2D eigenvalue weighted by molar-refractivity contribution is 5.54. The van der Waals surface area contributed by atoms with Crippen LogP contribution in [0.4, 0.5) is 11.4 Å². The maximum absolute atomic E-state index is 12.8. The van der Waals surface area contributed by atoms with E-state index in [1.165, 1.54) is 0 Å².